The fourth-order valence-corrected chi connectivity index (χ4v) is 4.54. The first-order chi connectivity index (χ1) is 14.3. The highest BCUT2D eigenvalue weighted by Crippen LogP contribution is 2.49. The zero-order valence-corrected chi connectivity index (χ0v) is 17.2. The molecular formula is C17H19ClN5O6P. The SMILES string of the molecule is Nc1nc2c(ncn2[C@@H]2C[C@H](COP(=O)(O)Oc3ccc(Cl)cc3)[C@@H]2CO)c(=O)[nH]1. The maximum atomic E-state index is 12.2. The quantitative estimate of drug-likeness (QED) is 0.388. The van der Waals surface area contributed by atoms with E-state index in [-0.39, 0.29) is 48.3 Å². The van der Waals surface area contributed by atoms with E-state index >= 15 is 0 Å². The van der Waals surface area contributed by atoms with Crippen LogP contribution in [0.25, 0.3) is 11.2 Å². The number of nitrogen functional groups attached to an aromatic ring is 1. The van der Waals surface area contributed by atoms with Gasteiger partial charge in [-0.15, -0.1) is 0 Å². The summed E-state index contributed by atoms with van der Waals surface area (Å²) in [6.45, 7) is -0.281. The smallest absolute Gasteiger partial charge is 0.404 e. The summed E-state index contributed by atoms with van der Waals surface area (Å²) in [4.78, 5) is 32.5. The topological polar surface area (TPSA) is 166 Å². The first-order valence-electron chi connectivity index (χ1n) is 9.03. The molecule has 2 aromatic heterocycles. The van der Waals surface area contributed by atoms with E-state index in [9.17, 15) is 19.4 Å². The fourth-order valence-electron chi connectivity index (χ4n) is 3.59. The Kier molecular flexibility index (Phi) is 5.56. The van der Waals surface area contributed by atoms with E-state index in [1.165, 1.54) is 30.6 Å². The number of imidazole rings is 1. The van der Waals surface area contributed by atoms with Crippen molar-refractivity contribution in [2.75, 3.05) is 18.9 Å². The van der Waals surface area contributed by atoms with Gasteiger partial charge >= 0.3 is 7.82 Å². The molecule has 0 aliphatic heterocycles. The van der Waals surface area contributed by atoms with Crippen LogP contribution < -0.4 is 15.8 Å². The van der Waals surface area contributed by atoms with Gasteiger partial charge in [0.25, 0.3) is 5.56 Å². The molecule has 30 heavy (non-hydrogen) atoms. The van der Waals surface area contributed by atoms with Gasteiger partial charge in [-0.3, -0.25) is 19.2 Å². The number of phosphoric acid groups is 1. The van der Waals surface area contributed by atoms with Gasteiger partial charge in [0.2, 0.25) is 5.95 Å². The van der Waals surface area contributed by atoms with Gasteiger partial charge < -0.3 is 19.9 Å². The Hall–Kier alpha value is -2.43. The molecule has 1 aromatic carbocycles. The molecule has 13 heteroatoms. The number of nitrogens with one attached hydrogen (secondary N) is 1. The Bertz CT molecular complexity index is 1170. The summed E-state index contributed by atoms with van der Waals surface area (Å²) < 4.78 is 24.0. The van der Waals surface area contributed by atoms with Crippen molar-refractivity contribution < 1.29 is 23.6 Å². The number of hydrogen-bond donors (Lipinski definition) is 4. The number of halogens is 1. The molecule has 1 fully saturated rings. The number of aromatic amines is 1. The Morgan fingerprint density at radius 2 is 2.10 bits per heavy atom. The van der Waals surface area contributed by atoms with Gasteiger partial charge in [0.15, 0.2) is 11.2 Å². The van der Waals surface area contributed by atoms with Crippen LogP contribution in [0.5, 0.6) is 5.75 Å². The average Bonchev–Trinajstić information content (AvgIpc) is 3.06. The van der Waals surface area contributed by atoms with Crippen LogP contribution >= 0.6 is 19.4 Å². The van der Waals surface area contributed by atoms with Crippen LogP contribution in [0, 0.1) is 11.8 Å². The van der Waals surface area contributed by atoms with Gasteiger partial charge in [-0.05, 0) is 36.6 Å². The van der Waals surface area contributed by atoms with Crippen molar-refractivity contribution in [2.24, 2.45) is 11.8 Å². The van der Waals surface area contributed by atoms with Gasteiger partial charge in [0.1, 0.15) is 5.75 Å². The van der Waals surface area contributed by atoms with Crippen molar-refractivity contribution in [3.05, 3.63) is 46.0 Å². The van der Waals surface area contributed by atoms with Gasteiger partial charge in [-0.2, -0.15) is 4.98 Å². The molecule has 1 saturated carbocycles. The molecule has 1 aliphatic carbocycles. The summed E-state index contributed by atoms with van der Waals surface area (Å²) in [5.74, 6) is -0.380. The van der Waals surface area contributed by atoms with E-state index in [0.717, 1.165) is 0 Å². The lowest BCUT2D eigenvalue weighted by Gasteiger charge is -2.44. The molecule has 0 amide bonds. The van der Waals surface area contributed by atoms with Gasteiger partial charge in [0, 0.05) is 23.6 Å². The van der Waals surface area contributed by atoms with E-state index in [2.05, 4.69) is 15.0 Å². The lowest BCUT2D eigenvalue weighted by atomic mass is 9.70. The molecule has 5 N–H and O–H groups in total. The van der Waals surface area contributed by atoms with Crippen molar-refractivity contribution in [3.8, 4) is 5.75 Å². The average molecular weight is 456 g/mol. The van der Waals surface area contributed by atoms with Crippen LogP contribution in [-0.4, -0.2) is 42.7 Å². The minimum atomic E-state index is -4.35. The zero-order valence-electron chi connectivity index (χ0n) is 15.5. The van der Waals surface area contributed by atoms with Crippen molar-refractivity contribution in [1.82, 2.24) is 19.5 Å². The van der Waals surface area contributed by atoms with Gasteiger partial charge in [0.05, 0.1) is 12.9 Å². The van der Waals surface area contributed by atoms with Crippen molar-refractivity contribution in [2.45, 2.75) is 12.5 Å². The highest BCUT2D eigenvalue weighted by atomic mass is 35.5. The second-order valence-corrected chi connectivity index (χ2v) is 8.81. The van der Waals surface area contributed by atoms with Gasteiger partial charge in [-0.25, -0.2) is 9.55 Å². The number of aromatic nitrogens is 4. The summed E-state index contributed by atoms with van der Waals surface area (Å²) >= 11 is 5.77. The number of nitrogens with zero attached hydrogens (tertiary/aromatic N) is 3. The van der Waals surface area contributed by atoms with E-state index < -0.39 is 13.4 Å². The number of benzene rings is 1. The van der Waals surface area contributed by atoms with Crippen molar-refractivity contribution in [1.29, 1.82) is 0 Å². The van der Waals surface area contributed by atoms with Crippen LogP contribution in [0.15, 0.2) is 35.4 Å². The number of fused-ring (bicyclic) bond motifs is 1. The molecule has 0 saturated heterocycles. The molecular weight excluding hydrogens is 437 g/mol. The Morgan fingerprint density at radius 1 is 1.37 bits per heavy atom. The number of hydrogen-bond acceptors (Lipinski definition) is 8. The second-order valence-electron chi connectivity index (χ2n) is 6.99. The van der Waals surface area contributed by atoms with Crippen LogP contribution in [0.2, 0.25) is 5.02 Å². The van der Waals surface area contributed by atoms with E-state index in [1.807, 2.05) is 0 Å². The highest BCUT2D eigenvalue weighted by molar-refractivity contribution is 7.47. The number of H-pyrrole nitrogens is 1. The molecule has 11 nitrogen and oxygen atoms in total. The highest BCUT2D eigenvalue weighted by Gasteiger charge is 2.44. The lowest BCUT2D eigenvalue weighted by Crippen LogP contribution is -2.43. The number of anilines is 1. The fraction of sp³-hybridized carbons (Fsp3) is 0.353. The third-order valence-electron chi connectivity index (χ3n) is 5.15. The maximum absolute atomic E-state index is 12.2. The maximum Gasteiger partial charge on any atom is 0.527 e. The number of nitrogens with two attached hydrogens (primary N) is 1. The predicted molar refractivity (Wildman–Crippen MR) is 108 cm³/mol. The Balaban J connectivity index is 1.42. The van der Waals surface area contributed by atoms with Crippen LogP contribution in [0.4, 0.5) is 5.95 Å². The Labute approximate surface area is 175 Å². The van der Waals surface area contributed by atoms with Crippen LogP contribution in [0.1, 0.15) is 12.5 Å². The predicted octanol–water partition coefficient (Wildman–Crippen LogP) is 1.72. The number of phosphoric ester groups is 1. The summed E-state index contributed by atoms with van der Waals surface area (Å²) in [6.07, 6.45) is 1.99. The molecule has 1 aliphatic rings. The molecule has 3 aromatic rings. The molecule has 4 rings (SSSR count). The first kappa shape index (κ1) is 20.8. The molecule has 1 unspecified atom stereocenters. The van der Waals surface area contributed by atoms with Crippen molar-refractivity contribution >= 4 is 36.5 Å². The number of aliphatic hydroxyl groups is 1. The van der Waals surface area contributed by atoms with E-state index in [4.69, 9.17) is 26.4 Å². The molecule has 0 bridgehead atoms. The molecule has 0 spiro atoms. The summed E-state index contributed by atoms with van der Waals surface area (Å²) in [5, 5.41) is 10.3. The van der Waals surface area contributed by atoms with E-state index in [1.54, 1.807) is 4.57 Å². The van der Waals surface area contributed by atoms with Crippen LogP contribution in [0.3, 0.4) is 0 Å². The van der Waals surface area contributed by atoms with Crippen LogP contribution in [-0.2, 0) is 9.09 Å². The second kappa shape index (κ2) is 8.01. The van der Waals surface area contributed by atoms with Gasteiger partial charge in [-0.1, -0.05) is 11.6 Å². The summed E-state index contributed by atoms with van der Waals surface area (Å²) in [7, 11) is -4.35. The third-order valence-corrected chi connectivity index (χ3v) is 6.32. The van der Waals surface area contributed by atoms with E-state index in [0.29, 0.717) is 17.1 Å². The number of aliphatic hydroxyl groups excluding tert-OH is 1. The standard InChI is InChI=1S/C17H19ClN5O6P/c18-10-1-3-11(4-2-10)29-30(26,27)28-7-9-5-13(12(9)6-24)23-8-20-14-15(23)21-17(19)22-16(14)25/h1-4,8-9,12-13,24H,5-7H2,(H,26,27)(H3,19,21,22,25)/t9-,12+,13-/m1/s1. The summed E-state index contributed by atoms with van der Waals surface area (Å²) in [5.41, 5.74) is 5.64. The minimum Gasteiger partial charge on any atom is -0.404 e. The monoisotopic (exact) mass is 455 g/mol. The molecule has 4 atom stereocenters. The Morgan fingerprint density at radius 3 is 2.80 bits per heavy atom. The molecule has 2 heterocycles. The third kappa shape index (κ3) is 4.07. The first-order valence-corrected chi connectivity index (χ1v) is 10.9. The molecule has 0 radical (unpaired) electrons. The zero-order chi connectivity index (χ0) is 21.5. The normalized spacial score (nSPS) is 23.1. The minimum absolute atomic E-state index is 0.0328. The lowest BCUT2D eigenvalue weighted by molar-refractivity contribution is -0.00487. The largest absolute Gasteiger partial charge is 0.527 e. The molecule has 160 valence electrons. The summed E-state index contributed by atoms with van der Waals surface area (Å²) in [6, 6.07) is 5.74. The number of rotatable bonds is 7. The van der Waals surface area contributed by atoms with Crippen molar-refractivity contribution in [3.63, 3.8) is 0 Å².